The van der Waals surface area contributed by atoms with Gasteiger partial charge in [0, 0.05) is 31.2 Å². The Bertz CT molecular complexity index is 382. The van der Waals surface area contributed by atoms with Crippen LogP contribution in [-0.2, 0) is 6.61 Å². The van der Waals surface area contributed by atoms with Crippen molar-refractivity contribution in [3.63, 3.8) is 0 Å². The molecular formula is C15H25ClN2O. The number of halogens is 1. The van der Waals surface area contributed by atoms with Crippen molar-refractivity contribution in [1.82, 2.24) is 10.2 Å². The van der Waals surface area contributed by atoms with Crippen molar-refractivity contribution in [2.24, 2.45) is 0 Å². The quantitative estimate of drug-likeness (QED) is 0.894. The third-order valence-electron chi connectivity index (χ3n) is 3.95. The van der Waals surface area contributed by atoms with E-state index < -0.39 is 0 Å². The van der Waals surface area contributed by atoms with Gasteiger partial charge in [-0.2, -0.15) is 0 Å². The first-order valence-corrected chi connectivity index (χ1v) is 6.80. The summed E-state index contributed by atoms with van der Waals surface area (Å²) in [5.41, 5.74) is 2.31. The number of nitrogens with zero attached hydrogens (tertiary/aromatic N) is 1. The zero-order valence-corrected chi connectivity index (χ0v) is 12.8. The standard InChI is InChI=1S/C15H24N2O.ClH/c1-11-9-17(12(2)8-16-11)13(3)15-6-4-14(10-18)5-7-15;/h4-7,11-13,16,18H,8-10H2,1-3H3;1H/t11-,12+,13?;/m0./s1. The number of benzene rings is 1. The first-order chi connectivity index (χ1) is 8.61. The van der Waals surface area contributed by atoms with Gasteiger partial charge in [-0.15, -0.1) is 12.4 Å². The van der Waals surface area contributed by atoms with Crippen molar-refractivity contribution in [2.45, 2.75) is 45.5 Å². The normalized spacial score (nSPS) is 25.7. The molecule has 2 rings (SSSR count). The molecule has 3 atom stereocenters. The maximum Gasteiger partial charge on any atom is 0.0681 e. The van der Waals surface area contributed by atoms with E-state index in [4.69, 9.17) is 5.11 Å². The zero-order valence-electron chi connectivity index (χ0n) is 12.0. The van der Waals surface area contributed by atoms with E-state index >= 15 is 0 Å². The van der Waals surface area contributed by atoms with Gasteiger partial charge in [0.1, 0.15) is 0 Å². The van der Waals surface area contributed by atoms with Gasteiger partial charge in [0.25, 0.3) is 0 Å². The van der Waals surface area contributed by atoms with E-state index in [1.54, 1.807) is 0 Å². The van der Waals surface area contributed by atoms with E-state index in [0.717, 1.165) is 18.7 Å². The summed E-state index contributed by atoms with van der Waals surface area (Å²) in [6, 6.07) is 9.85. The maximum absolute atomic E-state index is 9.07. The summed E-state index contributed by atoms with van der Waals surface area (Å²) in [4.78, 5) is 2.55. The summed E-state index contributed by atoms with van der Waals surface area (Å²) < 4.78 is 0. The predicted octanol–water partition coefficient (Wildman–Crippen LogP) is 2.34. The number of aliphatic hydroxyl groups is 1. The number of hydrogen-bond donors (Lipinski definition) is 2. The van der Waals surface area contributed by atoms with Crippen molar-refractivity contribution in [1.29, 1.82) is 0 Å². The number of piperazine rings is 1. The molecule has 1 heterocycles. The fraction of sp³-hybridized carbons (Fsp3) is 0.600. The molecule has 0 radical (unpaired) electrons. The molecule has 1 fully saturated rings. The van der Waals surface area contributed by atoms with Crippen LogP contribution in [0.5, 0.6) is 0 Å². The van der Waals surface area contributed by atoms with Crippen LogP contribution < -0.4 is 5.32 Å². The van der Waals surface area contributed by atoms with Crippen molar-refractivity contribution in [3.05, 3.63) is 35.4 Å². The van der Waals surface area contributed by atoms with E-state index in [0.29, 0.717) is 18.1 Å². The average Bonchev–Trinajstić information content (AvgIpc) is 2.41. The Hall–Kier alpha value is -0.610. The largest absolute Gasteiger partial charge is 0.392 e. The predicted molar refractivity (Wildman–Crippen MR) is 81.7 cm³/mol. The molecule has 1 aliphatic heterocycles. The Labute approximate surface area is 122 Å². The smallest absolute Gasteiger partial charge is 0.0681 e. The molecule has 2 N–H and O–H groups in total. The summed E-state index contributed by atoms with van der Waals surface area (Å²) in [5, 5.41) is 12.6. The molecule has 0 amide bonds. The second-order valence-electron chi connectivity index (χ2n) is 5.43. The van der Waals surface area contributed by atoms with Crippen molar-refractivity contribution < 1.29 is 5.11 Å². The van der Waals surface area contributed by atoms with Gasteiger partial charge in [-0.1, -0.05) is 24.3 Å². The van der Waals surface area contributed by atoms with E-state index in [9.17, 15) is 0 Å². The number of rotatable bonds is 3. The third-order valence-corrected chi connectivity index (χ3v) is 3.95. The van der Waals surface area contributed by atoms with E-state index in [-0.39, 0.29) is 19.0 Å². The van der Waals surface area contributed by atoms with Crippen molar-refractivity contribution in [2.75, 3.05) is 13.1 Å². The highest BCUT2D eigenvalue weighted by molar-refractivity contribution is 5.85. The van der Waals surface area contributed by atoms with Crippen LogP contribution in [0.3, 0.4) is 0 Å². The summed E-state index contributed by atoms with van der Waals surface area (Å²) in [5.74, 6) is 0. The molecular weight excluding hydrogens is 260 g/mol. The van der Waals surface area contributed by atoms with E-state index in [1.165, 1.54) is 5.56 Å². The molecule has 0 aliphatic carbocycles. The molecule has 0 bridgehead atoms. The van der Waals surface area contributed by atoms with Crippen LogP contribution in [0, 0.1) is 0 Å². The van der Waals surface area contributed by atoms with Gasteiger partial charge in [0.15, 0.2) is 0 Å². The highest BCUT2D eigenvalue weighted by atomic mass is 35.5. The van der Waals surface area contributed by atoms with Gasteiger partial charge in [-0.3, -0.25) is 4.90 Å². The van der Waals surface area contributed by atoms with Gasteiger partial charge in [0.2, 0.25) is 0 Å². The lowest BCUT2D eigenvalue weighted by atomic mass is 10.0. The number of aliphatic hydroxyl groups excluding tert-OH is 1. The molecule has 0 saturated carbocycles. The Morgan fingerprint density at radius 3 is 2.53 bits per heavy atom. The molecule has 3 nitrogen and oxygen atoms in total. The molecule has 1 aromatic rings. The highest BCUT2D eigenvalue weighted by Crippen LogP contribution is 2.24. The molecule has 1 aromatic carbocycles. The van der Waals surface area contributed by atoms with Crippen molar-refractivity contribution >= 4 is 12.4 Å². The topological polar surface area (TPSA) is 35.5 Å². The first-order valence-electron chi connectivity index (χ1n) is 6.80. The second kappa shape index (κ2) is 7.25. The van der Waals surface area contributed by atoms with Crippen LogP contribution in [0.1, 0.15) is 37.9 Å². The minimum absolute atomic E-state index is 0. The molecule has 4 heteroatoms. The lowest BCUT2D eigenvalue weighted by Crippen LogP contribution is -2.54. The molecule has 0 spiro atoms. The summed E-state index contributed by atoms with van der Waals surface area (Å²) in [6.07, 6.45) is 0. The monoisotopic (exact) mass is 284 g/mol. The van der Waals surface area contributed by atoms with Crippen LogP contribution >= 0.6 is 12.4 Å². The van der Waals surface area contributed by atoms with Crippen LogP contribution in [0.2, 0.25) is 0 Å². The fourth-order valence-corrected chi connectivity index (χ4v) is 2.68. The van der Waals surface area contributed by atoms with Gasteiger partial charge in [0.05, 0.1) is 6.61 Å². The Morgan fingerprint density at radius 1 is 1.32 bits per heavy atom. The fourth-order valence-electron chi connectivity index (χ4n) is 2.68. The molecule has 1 saturated heterocycles. The number of nitrogens with one attached hydrogen (secondary N) is 1. The van der Waals surface area contributed by atoms with Gasteiger partial charge in [-0.25, -0.2) is 0 Å². The Kier molecular flexibility index (Phi) is 6.27. The zero-order chi connectivity index (χ0) is 13.1. The summed E-state index contributed by atoms with van der Waals surface area (Å²) >= 11 is 0. The molecule has 19 heavy (non-hydrogen) atoms. The van der Waals surface area contributed by atoms with Crippen molar-refractivity contribution in [3.8, 4) is 0 Å². The maximum atomic E-state index is 9.07. The minimum atomic E-state index is 0. The van der Waals surface area contributed by atoms with Crippen LogP contribution in [0.15, 0.2) is 24.3 Å². The van der Waals surface area contributed by atoms with Crippen LogP contribution in [-0.4, -0.2) is 35.2 Å². The summed E-state index contributed by atoms with van der Waals surface area (Å²) in [7, 11) is 0. The highest BCUT2D eigenvalue weighted by Gasteiger charge is 2.26. The van der Waals surface area contributed by atoms with Gasteiger partial charge in [-0.05, 0) is 31.9 Å². The SMILES string of the molecule is CC(c1ccc(CO)cc1)N1C[C@H](C)NC[C@H]1C.Cl. The molecule has 108 valence electrons. The van der Waals surface area contributed by atoms with Crippen LogP contribution in [0.25, 0.3) is 0 Å². The third kappa shape index (κ3) is 3.93. The molecule has 1 aliphatic rings. The van der Waals surface area contributed by atoms with Gasteiger partial charge >= 0.3 is 0 Å². The first kappa shape index (κ1) is 16.4. The van der Waals surface area contributed by atoms with E-state index in [2.05, 4.69) is 43.1 Å². The molecule has 0 aromatic heterocycles. The second-order valence-corrected chi connectivity index (χ2v) is 5.43. The van der Waals surface area contributed by atoms with Crippen LogP contribution in [0.4, 0.5) is 0 Å². The number of hydrogen-bond acceptors (Lipinski definition) is 3. The molecule has 1 unspecified atom stereocenters. The Balaban J connectivity index is 0.00000180. The average molecular weight is 285 g/mol. The van der Waals surface area contributed by atoms with E-state index in [1.807, 2.05) is 12.1 Å². The van der Waals surface area contributed by atoms with Gasteiger partial charge < -0.3 is 10.4 Å². The lowest BCUT2D eigenvalue weighted by Gasteiger charge is -2.41. The Morgan fingerprint density at radius 2 is 1.95 bits per heavy atom. The summed E-state index contributed by atoms with van der Waals surface area (Å²) in [6.45, 7) is 9.04. The minimum Gasteiger partial charge on any atom is -0.392 e. The lowest BCUT2D eigenvalue weighted by molar-refractivity contribution is 0.103.